The van der Waals surface area contributed by atoms with Crippen molar-refractivity contribution in [2.75, 3.05) is 0 Å². The van der Waals surface area contributed by atoms with Crippen LogP contribution in [0.5, 0.6) is 0 Å². The zero-order chi connectivity index (χ0) is 18.4. The van der Waals surface area contributed by atoms with Gasteiger partial charge in [-0.1, -0.05) is 35.4 Å². The lowest BCUT2D eigenvalue weighted by atomic mass is 10.1. The van der Waals surface area contributed by atoms with Gasteiger partial charge in [-0.25, -0.2) is 14.4 Å². The number of aryl methyl sites for hydroxylation is 2. The minimum absolute atomic E-state index is 0.204. The molecular formula is C19H17O6. The van der Waals surface area contributed by atoms with Crippen LogP contribution in [-0.4, -0.2) is 29.1 Å². The molecule has 0 bridgehead atoms. The van der Waals surface area contributed by atoms with Crippen molar-refractivity contribution in [1.29, 1.82) is 0 Å². The second-order valence-corrected chi connectivity index (χ2v) is 5.44. The van der Waals surface area contributed by atoms with Crippen LogP contribution in [-0.2, 0) is 14.3 Å². The summed E-state index contributed by atoms with van der Waals surface area (Å²) in [7, 11) is 0. The van der Waals surface area contributed by atoms with Crippen molar-refractivity contribution in [3.63, 3.8) is 0 Å². The Bertz CT molecular complexity index is 762. The van der Waals surface area contributed by atoms with E-state index in [0.29, 0.717) is 6.61 Å². The molecule has 0 saturated carbocycles. The molecule has 25 heavy (non-hydrogen) atoms. The van der Waals surface area contributed by atoms with Gasteiger partial charge in [0.2, 0.25) is 6.10 Å². The Balaban J connectivity index is 1.97. The average Bonchev–Trinajstić information content (AvgIpc) is 2.59. The summed E-state index contributed by atoms with van der Waals surface area (Å²) in [5.74, 6) is -3.01. The van der Waals surface area contributed by atoms with Gasteiger partial charge in [0.1, 0.15) is 0 Å². The Morgan fingerprint density at radius 1 is 0.840 bits per heavy atom. The molecule has 0 aromatic heterocycles. The van der Waals surface area contributed by atoms with Crippen molar-refractivity contribution in [3.05, 3.63) is 77.4 Å². The molecular weight excluding hydrogens is 324 g/mol. The van der Waals surface area contributed by atoms with Crippen LogP contribution in [0.4, 0.5) is 0 Å². The molecule has 0 unspecified atom stereocenters. The first-order valence-corrected chi connectivity index (χ1v) is 7.48. The van der Waals surface area contributed by atoms with Gasteiger partial charge in [-0.2, -0.15) is 0 Å². The van der Waals surface area contributed by atoms with Crippen molar-refractivity contribution in [1.82, 2.24) is 0 Å². The number of carboxylic acids is 1. The molecule has 0 aliphatic carbocycles. The van der Waals surface area contributed by atoms with Crippen molar-refractivity contribution in [3.8, 4) is 0 Å². The maximum atomic E-state index is 12.0. The Morgan fingerprint density at radius 2 is 1.28 bits per heavy atom. The molecule has 2 aromatic carbocycles. The fourth-order valence-electron chi connectivity index (χ4n) is 1.89. The fraction of sp³-hybridized carbons (Fsp3) is 0.158. The molecule has 6 nitrogen and oxygen atoms in total. The Labute approximate surface area is 145 Å². The van der Waals surface area contributed by atoms with E-state index < -0.39 is 24.0 Å². The lowest BCUT2D eigenvalue weighted by molar-refractivity contribution is -0.146. The maximum Gasteiger partial charge on any atom is 0.349 e. The van der Waals surface area contributed by atoms with Crippen molar-refractivity contribution in [2.45, 2.75) is 20.0 Å². The molecule has 0 spiro atoms. The largest absolute Gasteiger partial charge is 0.478 e. The van der Waals surface area contributed by atoms with E-state index in [4.69, 9.17) is 14.6 Å². The van der Waals surface area contributed by atoms with Gasteiger partial charge in [0.25, 0.3) is 0 Å². The van der Waals surface area contributed by atoms with E-state index in [1.807, 2.05) is 13.8 Å². The number of benzene rings is 2. The summed E-state index contributed by atoms with van der Waals surface area (Å²) in [4.78, 5) is 35.1. The monoisotopic (exact) mass is 341 g/mol. The van der Waals surface area contributed by atoms with E-state index in [9.17, 15) is 14.4 Å². The van der Waals surface area contributed by atoms with Crippen molar-refractivity contribution >= 4 is 17.9 Å². The zero-order valence-corrected chi connectivity index (χ0v) is 13.8. The number of aliphatic carboxylic acids is 1. The number of carbonyl (C=O) groups excluding carboxylic acids is 2. The Kier molecular flexibility index (Phi) is 5.89. The average molecular weight is 341 g/mol. The highest BCUT2D eigenvalue weighted by Crippen LogP contribution is 2.11. The SMILES string of the molecule is Cc1ccc(C(=O)O[CH][C@H](OC(=O)c2ccc(C)cc2)C(=O)O)cc1. The number of rotatable bonds is 6. The van der Waals surface area contributed by atoms with E-state index in [1.165, 1.54) is 12.1 Å². The fourth-order valence-corrected chi connectivity index (χ4v) is 1.89. The normalized spacial score (nSPS) is 11.4. The summed E-state index contributed by atoms with van der Waals surface area (Å²) < 4.78 is 9.70. The van der Waals surface area contributed by atoms with E-state index in [1.54, 1.807) is 36.4 Å². The summed E-state index contributed by atoms with van der Waals surface area (Å²) in [5, 5.41) is 9.13. The quantitative estimate of drug-likeness (QED) is 0.813. The minimum Gasteiger partial charge on any atom is -0.478 e. The lowest BCUT2D eigenvalue weighted by Gasteiger charge is -2.13. The summed E-state index contributed by atoms with van der Waals surface area (Å²) >= 11 is 0. The van der Waals surface area contributed by atoms with Gasteiger partial charge >= 0.3 is 17.9 Å². The van der Waals surface area contributed by atoms with Crippen molar-refractivity contribution in [2.24, 2.45) is 0 Å². The van der Waals surface area contributed by atoms with Crippen LogP contribution in [0, 0.1) is 20.5 Å². The zero-order valence-electron chi connectivity index (χ0n) is 13.8. The van der Waals surface area contributed by atoms with Crippen LogP contribution in [0.25, 0.3) is 0 Å². The first kappa shape index (κ1) is 18.2. The van der Waals surface area contributed by atoms with Crippen LogP contribution < -0.4 is 0 Å². The molecule has 0 aliphatic rings. The molecule has 6 heteroatoms. The number of carbonyl (C=O) groups is 3. The predicted molar refractivity (Wildman–Crippen MR) is 88.9 cm³/mol. The molecule has 0 aliphatic heterocycles. The summed E-state index contributed by atoms with van der Waals surface area (Å²) in [6.45, 7) is 4.41. The van der Waals surface area contributed by atoms with Crippen LogP contribution >= 0.6 is 0 Å². The van der Waals surface area contributed by atoms with Crippen LogP contribution in [0.3, 0.4) is 0 Å². The smallest absolute Gasteiger partial charge is 0.349 e. The molecule has 1 N–H and O–H groups in total. The van der Waals surface area contributed by atoms with Crippen molar-refractivity contribution < 1.29 is 29.0 Å². The summed E-state index contributed by atoms with van der Waals surface area (Å²) in [6.07, 6.45) is -1.71. The Morgan fingerprint density at radius 3 is 1.72 bits per heavy atom. The summed E-state index contributed by atoms with van der Waals surface area (Å²) in [5.41, 5.74) is 2.38. The number of carboxylic acid groups (broad SMARTS) is 1. The first-order chi connectivity index (χ1) is 11.9. The third kappa shape index (κ3) is 5.17. The van der Waals surface area contributed by atoms with Crippen LogP contribution in [0.15, 0.2) is 48.5 Å². The molecule has 2 rings (SSSR count). The van der Waals surface area contributed by atoms with Gasteiger partial charge in [0, 0.05) is 0 Å². The minimum atomic E-state index is -1.71. The standard InChI is InChI=1S/C19H17O6/c1-12-3-7-14(8-4-12)18(22)24-11-16(17(20)21)25-19(23)15-9-5-13(2)6-10-15/h3-11,16H,1-2H3,(H,20,21)/t16-/m0/s1. The second-order valence-electron chi connectivity index (χ2n) is 5.44. The molecule has 2 aromatic rings. The number of ether oxygens (including phenoxy) is 2. The van der Waals surface area contributed by atoms with Gasteiger partial charge in [0.15, 0.2) is 6.61 Å². The summed E-state index contributed by atoms with van der Waals surface area (Å²) in [6, 6.07) is 13.0. The van der Waals surface area contributed by atoms with E-state index in [-0.39, 0.29) is 11.1 Å². The van der Waals surface area contributed by atoms with Gasteiger partial charge in [-0.15, -0.1) is 0 Å². The van der Waals surface area contributed by atoms with E-state index in [2.05, 4.69) is 0 Å². The predicted octanol–water partition coefficient (Wildman–Crippen LogP) is 2.93. The highest BCUT2D eigenvalue weighted by Gasteiger charge is 2.26. The molecule has 0 fully saturated rings. The second kappa shape index (κ2) is 8.10. The molecule has 0 heterocycles. The van der Waals surface area contributed by atoms with Crippen LogP contribution in [0.1, 0.15) is 31.8 Å². The topological polar surface area (TPSA) is 89.9 Å². The lowest BCUT2D eigenvalue weighted by Crippen LogP contribution is -2.29. The van der Waals surface area contributed by atoms with Gasteiger partial charge < -0.3 is 14.6 Å². The molecule has 0 amide bonds. The van der Waals surface area contributed by atoms with Gasteiger partial charge in [-0.05, 0) is 38.1 Å². The van der Waals surface area contributed by atoms with Gasteiger partial charge in [-0.3, -0.25) is 0 Å². The molecule has 129 valence electrons. The van der Waals surface area contributed by atoms with Crippen LogP contribution in [0.2, 0.25) is 0 Å². The third-order valence-electron chi connectivity index (χ3n) is 3.35. The number of hydrogen-bond donors (Lipinski definition) is 1. The third-order valence-corrected chi connectivity index (χ3v) is 3.35. The number of esters is 2. The van der Waals surface area contributed by atoms with E-state index in [0.717, 1.165) is 11.1 Å². The Hall–Kier alpha value is -3.15. The molecule has 1 radical (unpaired) electrons. The van der Waals surface area contributed by atoms with Gasteiger partial charge in [0.05, 0.1) is 11.1 Å². The molecule has 0 saturated heterocycles. The van der Waals surface area contributed by atoms with E-state index >= 15 is 0 Å². The highest BCUT2D eigenvalue weighted by atomic mass is 16.6. The highest BCUT2D eigenvalue weighted by molar-refractivity contribution is 5.92. The number of hydrogen-bond acceptors (Lipinski definition) is 5. The maximum absolute atomic E-state index is 12.0. The molecule has 1 atom stereocenters. The first-order valence-electron chi connectivity index (χ1n) is 7.48.